The lowest BCUT2D eigenvalue weighted by Gasteiger charge is -2.21. The van der Waals surface area contributed by atoms with E-state index >= 15 is 0 Å². The van der Waals surface area contributed by atoms with Gasteiger partial charge >= 0.3 is 18.3 Å². The third-order valence-corrected chi connectivity index (χ3v) is 5.78. The Morgan fingerprint density at radius 1 is 1.08 bits per heavy atom. The van der Waals surface area contributed by atoms with Crippen LogP contribution in [0.5, 0.6) is 0 Å². The zero-order chi connectivity index (χ0) is 27.1. The number of carbonyl (C=O) groups excluding carboxylic acids is 1. The van der Waals surface area contributed by atoms with E-state index in [1.807, 2.05) is 0 Å². The van der Waals surface area contributed by atoms with Crippen LogP contribution >= 0.6 is 0 Å². The van der Waals surface area contributed by atoms with Crippen molar-refractivity contribution < 1.29 is 41.0 Å². The Hall–Kier alpha value is -4.10. The molecular formula is C23H19F6N5O3. The average Bonchev–Trinajstić information content (AvgIpc) is 3.39. The standard InChI is InChI=1S/C23H19F6N5O3/c1-12(14-5-6-16(21(36)37)30-10-14)31-19(35)17-18(23(27,28)29)32-34-8-7-33(20(17)34)11-13-3-2-4-15(9-13)22(24,25)26/h2-6,9-10,12H,7-8,11H2,1H3,(H,31,35)(H,36,37). The first-order valence-electron chi connectivity index (χ1n) is 10.8. The van der Waals surface area contributed by atoms with Gasteiger partial charge in [-0.2, -0.15) is 31.4 Å². The smallest absolute Gasteiger partial charge is 0.436 e. The predicted molar refractivity (Wildman–Crippen MR) is 117 cm³/mol. The number of carboxylic acids is 1. The van der Waals surface area contributed by atoms with Crippen LogP contribution in [-0.2, 0) is 25.4 Å². The van der Waals surface area contributed by atoms with E-state index in [1.54, 1.807) is 0 Å². The minimum Gasteiger partial charge on any atom is -0.477 e. The summed E-state index contributed by atoms with van der Waals surface area (Å²) in [6.45, 7) is 1.43. The van der Waals surface area contributed by atoms with Crippen LogP contribution in [0.4, 0.5) is 32.2 Å². The summed E-state index contributed by atoms with van der Waals surface area (Å²) in [5.74, 6) is -2.53. The molecule has 14 heteroatoms. The summed E-state index contributed by atoms with van der Waals surface area (Å²) in [4.78, 5) is 29.2. The molecule has 3 aromatic rings. The van der Waals surface area contributed by atoms with Gasteiger partial charge in [-0.1, -0.05) is 18.2 Å². The van der Waals surface area contributed by atoms with Gasteiger partial charge in [0.05, 0.1) is 18.2 Å². The highest BCUT2D eigenvalue weighted by atomic mass is 19.4. The number of amides is 1. The van der Waals surface area contributed by atoms with Gasteiger partial charge in [0, 0.05) is 19.3 Å². The quantitative estimate of drug-likeness (QED) is 0.457. The Morgan fingerprint density at radius 2 is 1.81 bits per heavy atom. The Labute approximate surface area is 205 Å². The van der Waals surface area contributed by atoms with E-state index in [-0.39, 0.29) is 36.7 Å². The first-order valence-corrected chi connectivity index (χ1v) is 10.8. The summed E-state index contributed by atoms with van der Waals surface area (Å²) >= 11 is 0. The number of anilines is 1. The normalized spacial score (nSPS) is 14.4. The van der Waals surface area contributed by atoms with E-state index in [9.17, 15) is 35.9 Å². The van der Waals surface area contributed by atoms with Crippen LogP contribution in [0.15, 0.2) is 42.6 Å². The molecule has 0 saturated heterocycles. The highest BCUT2D eigenvalue weighted by Gasteiger charge is 2.44. The first kappa shape index (κ1) is 26.0. The monoisotopic (exact) mass is 527 g/mol. The largest absolute Gasteiger partial charge is 0.477 e. The van der Waals surface area contributed by atoms with Crippen molar-refractivity contribution in [3.05, 3.63) is 76.2 Å². The number of carboxylic acid groups (broad SMARTS) is 1. The Morgan fingerprint density at radius 3 is 2.41 bits per heavy atom. The SMILES string of the molecule is CC(NC(=O)c1c(C(F)(F)F)nn2c1N(Cc1cccc(C(F)(F)F)c1)CC2)c1ccc(C(=O)O)nc1. The summed E-state index contributed by atoms with van der Waals surface area (Å²) in [6.07, 6.45) is -8.38. The van der Waals surface area contributed by atoms with Gasteiger partial charge in [-0.25, -0.2) is 14.5 Å². The maximum Gasteiger partial charge on any atom is 0.436 e. The number of benzene rings is 1. The van der Waals surface area contributed by atoms with E-state index in [2.05, 4.69) is 15.4 Å². The van der Waals surface area contributed by atoms with Gasteiger partial charge in [0.2, 0.25) is 0 Å². The molecule has 0 radical (unpaired) electrons. The van der Waals surface area contributed by atoms with Crippen LogP contribution in [-0.4, -0.2) is 38.3 Å². The number of rotatable bonds is 6. The summed E-state index contributed by atoms with van der Waals surface area (Å²) in [5.41, 5.74) is -2.78. The van der Waals surface area contributed by atoms with Crippen molar-refractivity contribution in [2.45, 2.75) is 38.4 Å². The summed E-state index contributed by atoms with van der Waals surface area (Å²) in [7, 11) is 0. The number of carbonyl (C=O) groups is 2. The van der Waals surface area contributed by atoms with E-state index in [0.717, 1.165) is 16.8 Å². The van der Waals surface area contributed by atoms with Gasteiger partial charge in [-0.05, 0) is 36.2 Å². The van der Waals surface area contributed by atoms with Crippen LogP contribution < -0.4 is 10.2 Å². The van der Waals surface area contributed by atoms with Crippen LogP contribution in [0.2, 0.25) is 0 Å². The van der Waals surface area contributed by atoms with Gasteiger partial charge in [-0.3, -0.25) is 4.79 Å². The second-order valence-corrected chi connectivity index (χ2v) is 8.36. The lowest BCUT2D eigenvalue weighted by molar-refractivity contribution is -0.142. The van der Waals surface area contributed by atoms with E-state index in [1.165, 1.54) is 42.3 Å². The lowest BCUT2D eigenvalue weighted by atomic mass is 10.1. The van der Waals surface area contributed by atoms with Crippen molar-refractivity contribution >= 4 is 17.7 Å². The second kappa shape index (κ2) is 9.41. The molecule has 4 rings (SSSR count). The fourth-order valence-electron chi connectivity index (χ4n) is 4.02. The molecule has 196 valence electrons. The first-order chi connectivity index (χ1) is 17.3. The fourth-order valence-corrected chi connectivity index (χ4v) is 4.02. The number of fused-ring (bicyclic) bond motifs is 1. The summed E-state index contributed by atoms with van der Waals surface area (Å²) in [6, 6.07) is 6.11. The number of aromatic carboxylic acids is 1. The lowest BCUT2D eigenvalue weighted by Crippen LogP contribution is -2.31. The fraction of sp³-hybridized carbons (Fsp3) is 0.304. The molecule has 2 N–H and O–H groups in total. The average molecular weight is 527 g/mol. The van der Waals surface area contributed by atoms with E-state index in [4.69, 9.17) is 5.11 Å². The number of aromatic nitrogens is 3. The molecule has 8 nitrogen and oxygen atoms in total. The van der Waals surface area contributed by atoms with E-state index in [0.29, 0.717) is 5.56 Å². The van der Waals surface area contributed by atoms with Crippen molar-refractivity contribution in [2.75, 3.05) is 11.4 Å². The Kier molecular flexibility index (Phi) is 6.60. The molecule has 2 aromatic heterocycles. The molecule has 0 bridgehead atoms. The van der Waals surface area contributed by atoms with Crippen molar-refractivity contribution in [3.63, 3.8) is 0 Å². The molecule has 0 spiro atoms. The maximum absolute atomic E-state index is 13.8. The maximum atomic E-state index is 13.8. The zero-order valence-electron chi connectivity index (χ0n) is 19.1. The van der Waals surface area contributed by atoms with Gasteiger partial charge in [0.1, 0.15) is 17.1 Å². The number of nitrogens with zero attached hydrogens (tertiary/aromatic N) is 4. The molecule has 1 unspecified atom stereocenters. The molecule has 1 amide bonds. The summed E-state index contributed by atoms with van der Waals surface area (Å²) in [5, 5.41) is 15.0. The molecule has 1 aliphatic heterocycles. The number of alkyl halides is 6. The summed E-state index contributed by atoms with van der Waals surface area (Å²) < 4.78 is 81.8. The minimum atomic E-state index is -4.97. The molecule has 1 aliphatic rings. The van der Waals surface area contributed by atoms with Crippen molar-refractivity contribution in [2.24, 2.45) is 0 Å². The van der Waals surface area contributed by atoms with Gasteiger partial charge in [0.25, 0.3) is 5.91 Å². The van der Waals surface area contributed by atoms with E-state index < -0.39 is 47.1 Å². The minimum absolute atomic E-state index is 0.000773. The predicted octanol–water partition coefficient (Wildman–Crippen LogP) is 4.53. The molecular weight excluding hydrogens is 508 g/mol. The van der Waals surface area contributed by atoms with Crippen LogP contribution in [0.1, 0.15) is 56.2 Å². The number of hydrogen-bond acceptors (Lipinski definition) is 5. The molecule has 0 aliphatic carbocycles. The Bertz CT molecular complexity index is 1330. The molecule has 37 heavy (non-hydrogen) atoms. The molecule has 3 heterocycles. The third-order valence-electron chi connectivity index (χ3n) is 5.78. The Balaban J connectivity index is 1.65. The van der Waals surface area contributed by atoms with Crippen molar-refractivity contribution in [1.29, 1.82) is 0 Å². The van der Waals surface area contributed by atoms with Gasteiger partial charge < -0.3 is 15.3 Å². The number of hydrogen-bond donors (Lipinski definition) is 2. The highest BCUT2D eigenvalue weighted by Crippen LogP contribution is 2.39. The molecule has 0 saturated carbocycles. The third kappa shape index (κ3) is 5.37. The number of nitrogens with one attached hydrogen (secondary N) is 1. The number of halogens is 6. The highest BCUT2D eigenvalue weighted by molar-refractivity contribution is 6.01. The van der Waals surface area contributed by atoms with Crippen LogP contribution in [0.25, 0.3) is 0 Å². The van der Waals surface area contributed by atoms with Crippen LogP contribution in [0, 0.1) is 0 Å². The molecule has 1 atom stereocenters. The van der Waals surface area contributed by atoms with Crippen LogP contribution in [0.3, 0.4) is 0 Å². The molecule has 1 aromatic carbocycles. The number of pyridine rings is 1. The van der Waals surface area contributed by atoms with Gasteiger partial charge in [-0.15, -0.1) is 0 Å². The zero-order valence-corrected chi connectivity index (χ0v) is 19.1. The topological polar surface area (TPSA) is 100 Å². The van der Waals surface area contributed by atoms with Crippen molar-refractivity contribution in [1.82, 2.24) is 20.1 Å². The van der Waals surface area contributed by atoms with Crippen molar-refractivity contribution in [3.8, 4) is 0 Å². The second-order valence-electron chi connectivity index (χ2n) is 8.36. The molecule has 0 fully saturated rings. The van der Waals surface area contributed by atoms with Gasteiger partial charge in [0.15, 0.2) is 5.69 Å².